The Labute approximate surface area is 114 Å². The van der Waals surface area contributed by atoms with E-state index in [1.54, 1.807) is 0 Å². The van der Waals surface area contributed by atoms with Gasteiger partial charge in [0.05, 0.1) is 4.90 Å². The van der Waals surface area contributed by atoms with Crippen LogP contribution in [0, 0.1) is 5.41 Å². The molecule has 1 rings (SSSR count). The molecular formula is C13H20N2O3S. The van der Waals surface area contributed by atoms with Crippen molar-refractivity contribution in [3.63, 3.8) is 0 Å². The van der Waals surface area contributed by atoms with Crippen molar-refractivity contribution >= 4 is 15.7 Å². The predicted octanol–water partition coefficient (Wildman–Crippen LogP) is 0.805. The molecule has 5 nitrogen and oxygen atoms in total. The zero-order chi connectivity index (χ0) is 14.7. The third-order valence-corrected chi connectivity index (χ3v) is 3.95. The Morgan fingerprint density at radius 3 is 2.21 bits per heavy atom. The topological polar surface area (TPSA) is 89.3 Å². The van der Waals surface area contributed by atoms with E-state index in [4.69, 9.17) is 5.73 Å². The quantitative estimate of drug-likeness (QED) is 0.837. The Balaban J connectivity index is 2.74. The molecule has 0 aliphatic carbocycles. The fourth-order valence-electron chi connectivity index (χ4n) is 1.35. The molecule has 0 aromatic heterocycles. The van der Waals surface area contributed by atoms with Gasteiger partial charge in [-0.3, -0.25) is 4.79 Å². The highest BCUT2D eigenvalue weighted by molar-refractivity contribution is 7.90. The van der Waals surface area contributed by atoms with Gasteiger partial charge < -0.3 is 11.1 Å². The standard InChI is InChI=1S/C13H20N2O3S/c1-13(2,8-14)9-15-12(16)10-4-6-11(7-5-10)19(3,17)18/h4-7H,8-9,14H2,1-3H3,(H,15,16). The maximum Gasteiger partial charge on any atom is 0.251 e. The molecule has 106 valence electrons. The first kappa shape index (κ1) is 15.7. The number of carbonyl (C=O) groups is 1. The van der Waals surface area contributed by atoms with Crippen LogP contribution < -0.4 is 11.1 Å². The summed E-state index contributed by atoms with van der Waals surface area (Å²) < 4.78 is 22.6. The number of hydrogen-bond acceptors (Lipinski definition) is 4. The fourth-order valence-corrected chi connectivity index (χ4v) is 1.98. The number of sulfone groups is 1. The van der Waals surface area contributed by atoms with Gasteiger partial charge in [-0.25, -0.2) is 8.42 Å². The Morgan fingerprint density at radius 2 is 1.79 bits per heavy atom. The number of benzene rings is 1. The Kier molecular flexibility index (Phi) is 4.70. The van der Waals surface area contributed by atoms with Crippen LogP contribution in [0.4, 0.5) is 0 Å². The number of nitrogens with one attached hydrogen (secondary N) is 1. The molecule has 0 spiro atoms. The molecule has 1 amide bonds. The third kappa shape index (κ3) is 4.65. The molecule has 0 fully saturated rings. The van der Waals surface area contributed by atoms with Crippen LogP contribution >= 0.6 is 0 Å². The minimum absolute atomic E-state index is 0.164. The van der Waals surface area contributed by atoms with E-state index in [9.17, 15) is 13.2 Å². The van der Waals surface area contributed by atoms with Crippen LogP contribution in [-0.4, -0.2) is 33.7 Å². The molecule has 0 saturated heterocycles. The van der Waals surface area contributed by atoms with Crippen LogP contribution in [0.2, 0.25) is 0 Å². The number of nitrogens with two attached hydrogens (primary N) is 1. The third-order valence-electron chi connectivity index (χ3n) is 2.82. The van der Waals surface area contributed by atoms with E-state index in [1.807, 2.05) is 13.8 Å². The van der Waals surface area contributed by atoms with Crippen molar-refractivity contribution in [1.82, 2.24) is 5.32 Å². The van der Waals surface area contributed by atoms with Crippen molar-refractivity contribution in [2.75, 3.05) is 19.3 Å². The van der Waals surface area contributed by atoms with Crippen LogP contribution in [0.3, 0.4) is 0 Å². The lowest BCUT2D eigenvalue weighted by Crippen LogP contribution is -2.38. The van der Waals surface area contributed by atoms with E-state index >= 15 is 0 Å². The zero-order valence-corrected chi connectivity index (χ0v) is 12.3. The van der Waals surface area contributed by atoms with E-state index in [2.05, 4.69) is 5.32 Å². The lowest BCUT2D eigenvalue weighted by atomic mass is 9.94. The van der Waals surface area contributed by atoms with Gasteiger partial charge in [0.15, 0.2) is 9.84 Å². The van der Waals surface area contributed by atoms with Gasteiger partial charge in [0, 0.05) is 18.4 Å². The summed E-state index contributed by atoms with van der Waals surface area (Å²) in [5.74, 6) is -0.235. The molecule has 0 radical (unpaired) electrons. The van der Waals surface area contributed by atoms with Crippen LogP contribution in [-0.2, 0) is 9.84 Å². The van der Waals surface area contributed by atoms with Crippen LogP contribution in [0.1, 0.15) is 24.2 Å². The van der Waals surface area contributed by atoms with Gasteiger partial charge >= 0.3 is 0 Å². The summed E-state index contributed by atoms with van der Waals surface area (Å²) in [4.78, 5) is 12.1. The molecular weight excluding hydrogens is 264 g/mol. The van der Waals surface area contributed by atoms with E-state index in [0.717, 1.165) is 6.26 Å². The van der Waals surface area contributed by atoms with Crippen molar-refractivity contribution in [3.05, 3.63) is 29.8 Å². The second kappa shape index (κ2) is 5.71. The first-order chi connectivity index (χ1) is 8.65. The maximum atomic E-state index is 11.9. The van der Waals surface area contributed by atoms with E-state index in [1.165, 1.54) is 24.3 Å². The molecule has 1 aromatic rings. The van der Waals surface area contributed by atoms with Crippen molar-refractivity contribution in [3.8, 4) is 0 Å². The summed E-state index contributed by atoms with van der Waals surface area (Å²) in [6.45, 7) is 4.86. The monoisotopic (exact) mass is 284 g/mol. The summed E-state index contributed by atoms with van der Waals surface area (Å²) in [7, 11) is -3.23. The summed E-state index contributed by atoms with van der Waals surface area (Å²) >= 11 is 0. The summed E-state index contributed by atoms with van der Waals surface area (Å²) in [5, 5.41) is 2.78. The van der Waals surface area contributed by atoms with E-state index < -0.39 is 9.84 Å². The highest BCUT2D eigenvalue weighted by Crippen LogP contribution is 2.12. The molecule has 0 bridgehead atoms. The minimum Gasteiger partial charge on any atom is -0.351 e. The molecule has 0 aliphatic rings. The fraction of sp³-hybridized carbons (Fsp3) is 0.462. The molecule has 6 heteroatoms. The van der Waals surface area contributed by atoms with Crippen molar-refractivity contribution in [2.24, 2.45) is 11.1 Å². The van der Waals surface area contributed by atoms with Crippen molar-refractivity contribution in [2.45, 2.75) is 18.7 Å². The molecule has 0 heterocycles. The van der Waals surface area contributed by atoms with Crippen molar-refractivity contribution < 1.29 is 13.2 Å². The highest BCUT2D eigenvalue weighted by Gasteiger charge is 2.17. The van der Waals surface area contributed by atoms with Gasteiger partial charge in [-0.2, -0.15) is 0 Å². The second-order valence-corrected chi connectivity index (χ2v) is 7.36. The van der Waals surface area contributed by atoms with E-state index in [-0.39, 0.29) is 16.2 Å². The average Bonchev–Trinajstić information content (AvgIpc) is 2.35. The largest absolute Gasteiger partial charge is 0.351 e. The van der Waals surface area contributed by atoms with Gasteiger partial charge in [0.2, 0.25) is 0 Å². The lowest BCUT2D eigenvalue weighted by molar-refractivity contribution is 0.0938. The van der Waals surface area contributed by atoms with Crippen molar-refractivity contribution in [1.29, 1.82) is 0 Å². The molecule has 0 saturated carbocycles. The van der Waals surface area contributed by atoms with Crippen LogP contribution in [0.5, 0.6) is 0 Å². The predicted molar refractivity (Wildman–Crippen MR) is 74.7 cm³/mol. The SMILES string of the molecule is CC(C)(CN)CNC(=O)c1ccc(S(C)(=O)=O)cc1. The molecule has 0 unspecified atom stereocenters. The van der Waals surface area contributed by atoms with Gasteiger partial charge in [-0.15, -0.1) is 0 Å². The minimum atomic E-state index is -3.23. The first-order valence-corrected chi connectivity index (χ1v) is 7.83. The lowest BCUT2D eigenvalue weighted by Gasteiger charge is -2.22. The Bertz CT molecular complexity index is 548. The van der Waals surface area contributed by atoms with Gasteiger partial charge in [0.25, 0.3) is 5.91 Å². The number of hydrogen-bond donors (Lipinski definition) is 2. The van der Waals surface area contributed by atoms with Gasteiger partial charge in [0.1, 0.15) is 0 Å². The Morgan fingerprint density at radius 1 is 1.26 bits per heavy atom. The van der Waals surface area contributed by atoms with Crippen LogP contribution in [0.25, 0.3) is 0 Å². The second-order valence-electron chi connectivity index (χ2n) is 5.35. The summed E-state index contributed by atoms with van der Waals surface area (Å²) in [5.41, 5.74) is 5.85. The number of amides is 1. The summed E-state index contributed by atoms with van der Waals surface area (Å²) in [6.07, 6.45) is 1.13. The first-order valence-electron chi connectivity index (χ1n) is 5.94. The average molecular weight is 284 g/mol. The molecule has 3 N–H and O–H groups in total. The normalized spacial score (nSPS) is 12.2. The van der Waals surface area contributed by atoms with Gasteiger partial charge in [-0.1, -0.05) is 13.8 Å². The highest BCUT2D eigenvalue weighted by atomic mass is 32.2. The van der Waals surface area contributed by atoms with E-state index in [0.29, 0.717) is 18.7 Å². The molecule has 1 aromatic carbocycles. The molecule has 0 atom stereocenters. The molecule has 19 heavy (non-hydrogen) atoms. The smallest absolute Gasteiger partial charge is 0.251 e. The maximum absolute atomic E-state index is 11.9. The van der Waals surface area contributed by atoms with Gasteiger partial charge in [-0.05, 0) is 36.2 Å². The summed E-state index contributed by atoms with van der Waals surface area (Å²) in [6, 6.07) is 5.86. The molecule has 0 aliphatic heterocycles. The number of carbonyl (C=O) groups excluding carboxylic acids is 1. The van der Waals surface area contributed by atoms with Crippen LogP contribution in [0.15, 0.2) is 29.2 Å². The zero-order valence-electron chi connectivity index (χ0n) is 11.4. The Hall–Kier alpha value is -1.40. The number of rotatable bonds is 5.